The lowest BCUT2D eigenvalue weighted by molar-refractivity contribution is -0.136. The van der Waals surface area contributed by atoms with Crippen molar-refractivity contribution in [3.05, 3.63) is 69.2 Å². The Balaban J connectivity index is 2.11. The van der Waals surface area contributed by atoms with Gasteiger partial charge >= 0.3 is 6.18 Å². The molecule has 0 aliphatic heterocycles. The van der Waals surface area contributed by atoms with Crippen LogP contribution < -0.4 is 5.56 Å². The first kappa shape index (κ1) is 17.4. The fourth-order valence-corrected chi connectivity index (χ4v) is 3.24. The van der Waals surface area contributed by atoms with Crippen LogP contribution >= 0.6 is 12.2 Å². The van der Waals surface area contributed by atoms with Crippen molar-refractivity contribution in [2.45, 2.75) is 6.18 Å². The van der Waals surface area contributed by atoms with Crippen molar-refractivity contribution >= 4 is 34.0 Å². The minimum absolute atomic E-state index is 0.00351. The van der Waals surface area contributed by atoms with Crippen molar-refractivity contribution < 1.29 is 13.2 Å². The highest BCUT2D eigenvalue weighted by atomic mass is 32.1. The number of nitrogens with zero attached hydrogens (tertiary/aromatic N) is 2. The largest absolute Gasteiger partial charge is 0.417 e. The lowest BCUT2D eigenvalue weighted by Crippen LogP contribution is -2.19. The monoisotopic (exact) mass is 387 g/mol. The van der Waals surface area contributed by atoms with Gasteiger partial charge in [0.2, 0.25) is 0 Å². The summed E-state index contributed by atoms with van der Waals surface area (Å²) in [5, 5.41) is 1.32. The maximum absolute atomic E-state index is 13.7. The number of nitrogens with one attached hydrogen (secondary N) is 1. The van der Waals surface area contributed by atoms with Crippen LogP contribution in [-0.4, -0.2) is 14.5 Å². The topological polar surface area (TPSA) is 50.7 Å². The van der Waals surface area contributed by atoms with E-state index in [2.05, 4.69) is 9.97 Å². The van der Waals surface area contributed by atoms with Gasteiger partial charge in [0.25, 0.3) is 5.56 Å². The SMILES string of the molecule is Cn1c(=S)[nH]c(=O)c2c(C(F)(F)F)cc(-c3ccc4ccccc4c3)nc21. The summed E-state index contributed by atoms with van der Waals surface area (Å²) in [5.74, 6) is 0. The van der Waals surface area contributed by atoms with Gasteiger partial charge in [0.1, 0.15) is 5.65 Å². The quantitative estimate of drug-likeness (QED) is 0.476. The standard InChI is InChI=1S/C19H12F3N3OS/c1-25-16-15(17(26)24-18(25)27)13(19(20,21)22)9-14(23-16)12-7-6-10-4-2-3-5-11(10)8-12/h2-9H,1H3,(H,24,26,27). The zero-order valence-corrected chi connectivity index (χ0v) is 14.8. The van der Waals surface area contributed by atoms with Crippen molar-refractivity contribution in [3.63, 3.8) is 0 Å². The molecule has 0 saturated carbocycles. The summed E-state index contributed by atoms with van der Waals surface area (Å²) in [5.41, 5.74) is -1.41. The molecule has 2 aromatic heterocycles. The maximum atomic E-state index is 13.7. The number of halogens is 3. The number of H-pyrrole nitrogens is 1. The lowest BCUT2D eigenvalue weighted by Gasteiger charge is -2.14. The van der Waals surface area contributed by atoms with Crippen LogP contribution in [0.3, 0.4) is 0 Å². The maximum Gasteiger partial charge on any atom is 0.417 e. The highest BCUT2D eigenvalue weighted by Crippen LogP contribution is 2.35. The van der Waals surface area contributed by atoms with Crippen molar-refractivity contribution in [2.24, 2.45) is 7.05 Å². The number of aromatic nitrogens is 3. The van der Waals surface area contributed by atoms with Gasteiger partial charge < -0.3 is 4.57 Å². The van der Waals surface area contributed by atoms with Crippen LogP contribution in [0.15, 0.2) is 53.3 Å². The minimum Gasteiger partial charge on any atom is -0.306 e. The van der Waals surface area contributed by atoms with Crippen LogP contribution in [0.2, 0.25) is 0 Å². The second-order valence-corrected chi connectivity index (χ2v) is 6.52. The second kappa shape index (κ2) is 6.02. The first-order valence-corrected chi connectivity index (χ1v) is 8.37. The van der Waals surface area contributed by atoms with Crippen molar-refractivity contribution in [1.82, 2.24) is 14.5 Å². The van der Waals surface area contributed by atoms with Gasteiger partial charge in [0, 0.05) is 12.6 Å². The third kappa shape index (κ3) is 2.91. The highest BCUT2D eigenvalue weighted by molar-refractivity contribution is 7.71. The third-order valence-corrected chi connectivity index (χ3v) is 4.80. The van der Waals surface area contributed by atoms with Gasteiger partial charge in [-0.1, -0.05) is 36.4 Å². The molecule has 0 fully saturated rings. The van der Waals surface area contributed by atoms with E-state index in [4.69, 9.17) is 12.2 Å². The molecule has 4 rings (SSSR count). The molecule has 0 saturated heterocycles. The molecular formula is C19H12F3N3OS. The first-order valence-electron chi connectivity index (χ1n) is 7.96. The summed E-state index contributed by atoms with van der Waals surface area (Å²) in [7, 11) is 1.47. The summed E-state index contributed by atoms with van der Waals surface area (Å²) >= 11 is 5.01. The number of aryl methyl sites for hydroxylation is 1. The molecule has 0 aliphatic rings. The Bertz CT molecular complexity index is 1320. The average molecular weight is 387 g/mol. The zero-order valence-electron chi connectivity index (χ0n) is 14.0. The number of fused-ring (bicyclic) bond motifs is 2. The highest BCUT2D eigenvalue weighted by Gasteiger charge is 2.35. The van der Waals surface area contributed by atoms with E-state index in [1.807, 2.05) is 30.3 Å². The van der Waals surface area contributed by atoms with Gasteiger partial charge in [-0.25, -0.2) is 4.98 Å². The van der Waals surface area contributed by atoms with E-state index in [-0.39, 0.29) is 16.1 Å². The Morgan fingerprint density at radius 2 is 1.78 bits per heavy atom. The molecule has 0 bridgehead atoms. The molecule has 27 heavy (non-hydrogen) atoms. The van der Waals surface area contributed by atoms with Crippen LogP contribution in [0.1, 0.15) is 5.56 Å². The van der Waals surface area contributed by atoms with E-state index in [0.717, 1.165) is 16.8 Å². The average Bonchev–Trinajstić information content (AvgIpc) is 2.64. The number of alkyl halides is 3. The Labute approximate surface area is 155 Å². The normalized spacial score (nSPS) is 12.0. The van der Waals surface area contributed by atoms with Gasteiger partial charge in [-0.05, 0) is 35.1 Å². The van der Waals surface area contributed by atoms with Crippen LogP contribution in [-0.2, 0) is 13.2 Å². The Kier molecular flexibility index (Phi) is 3.88. The van der Waals surface area contributed by atoms with E-state index in [9.17, 15) is 18.0 Å². The van der Waals surface area contributed by atoms with E-state index in [1.165, 1.54) is 11.6 Å². The predicted octanol–water partition coefficient (Wildman–Crippen LogP) is 4.83. The number of hydrogen-bond donors (Lipinski definition) is 1. The van der Waals surface area contributed by atoms with Crippen molar-refractivity contribution in [2.75, 3.05) is 0 Å². The molecule has 136 valence electrons. The molecule has 4 nitrogen and oxygen atoms in total. The molecule has 8 heteroatoms. The summed E-state index contributed by atoms with van der Waals surface area (Å²) in [6, 6.07) is 13.7. The van der Waals surface area contributed by atoms with Gasteiger partial charge in [-0.2, -0.15) is 13.2 Å². The number of hydrogen-bond acceptors (Lipinski definition) is 3. The molecule has 0 unspecified atom stereocenters. The Morgan fingerprint density at radius 1 is 1.07 bits per heavy atom. The molecule has 2 aromatic carbocycles. The fourth-order valence-electron chi connectivity index (χ4n) is 3.06. The van der Waals surface area contributed by atoms with Crippen LogP contribution in [0.4, 0.5) is 13.2 Å². The van der Waals surface area contributed by atoms with Crippen molar-refractivity contribution in [3.8, 4) is 11.3 Å². The second-order valence-electron chi connectivity index (χ2n) is 6.13. The van der Waals surface area contributed by atoms with E-state index >= 15 is 0 Å². The molecule has 0 amide bonds. The number of benzene rings is 2. The van der Waals surface area contributed by atoms with Gasteiger partial charge in [-0.15, -0.1) is 0 Å². The Morgan fingerprint density at radius 3 is 2.48 bits per heavy atom. The van der Waals surface area contributed by atoms with Crippen LogP contribution in [0.25, 0.3) is 33.1 Å². The number of rotatable bonds is 1. The molecular weight excluding hydrogens is 375 g/mol. The van der Waals surface area contributed by atoms with E-state index in [0.29, 0.717) is 5.56 Å². The third-order valence-electron chi connectivity index (χ3n) is 4.42. The summed E-state index contributed by atoms with van der Waals surface area (Å²) < 4.78 is 42.3. The molecule has 0 atom stereocenters. The van der Waals surface area contributed by atoms with Crippen molar-refractivity contribution in [1.29, 1.82) is 0 Å². The molecule has 0 radical (unpaired) electrons. The minimum atomic E-state index is -4.71. The summed E-state index contributed by atoms with van der Waals surface area (Å²) in [6.45, 7) is 0. The number of pyridine rings is 1. The summed E-state index contributed by atoms with van der Waals surface area (Å²) in [4.78, 5) is 18.7. The van der Waals surface area contributed by atoms with Gasteiger partial charge in [0.05, 0.1) is 16.6 Å². The lowest BCUT2D eigenvalue weighted by atomic mass is 10.0. The van der Waals surface area contributed by atoms with Gasteiger partial charge in [0.15, 0.2) is 4.77 Å². The molecule has 4 aromatic rings. The fraction of sp³-hybridized carbons (Fsp3) is 0.105. The zero-order chi connectivity index (χ0) is 19.3. The summed E-state index contributed by atoms with van der Waals surface area (Å²) in [6.07, 6.45) is -4.71. The van der Waals surface area contributed by atoms with E-state index in [1.54, 1.807) is 12.1 Å². The smallest absolute Gasteiger partial charge is 0.306 e. The van der Waals surface area contributed by atoms with Crippen LogP contribution in [0.5, 0.6) is 0 Å². The first-order chi connectivity index (χ1) is 12.8. The van der Waals surface area contributed by atoms with Crippen LogP contribution in [0, 0.1) is 4.77 Å². The van der Waals surface area contributed by atoms with Gasteiger partial charge in [-0.3, -0.25) is 9.78 Å². The molecule has 1 N–H and O–H groups in total. The molecule has 0 aliphatic carbocycles. The number of aromatic amines is 1. The van der Waals surface area contributed by atoms with E-state index < -0.39 is 22.7 Å². The molecule has 2 heterocycles. The predicted molar refractivity (Wildman–Crippen MR) is 100 cm³/mol. The Hall–Kier alpha value is -3.00. The molecule has 0 spiro atoms.